The molecule has 49 valence electrons. The second-order valence-electron chi connectivity index (χ2n) is 1.75. The maximum atomic E-state index is 5.07. The van der Waals surface area contributed by atoms with Crippen molar-refractivity contribution in [2.45, 2.75) is 26.2 Å². The fourth-order valence-corrected chi connectivity index (χ4v) is 0.383. The van der Waals surface area contributed by atoms with Gasteiger partial charge in [0.2, 0.25) is 0 Å². The van der Waals surface area contributed by atoms with Crippen LogP contribution < -0.4 is 0 Å². The highest BCUT2D eigenvalue weighted by Crippen LogP contribution is 1.95. The van der Waals surface area contributed by atoms with Gasteiger partial charge in [-0.1, -0.05) is 0 Å². The molecule has 0 fully saturated rings. The third kappa shape index (κ3) is 4.09. The lowest BCUT2D eigenvalue weighted by Gasteiger charge is -2.12. The average Bonchev–Trinajstić information content (AvgIpc) is 1.65. The van der Waals surface area contributed by atoms with Crippen LogP contribution in [0.3, 0.4) is 0 Å². The maximum absolute atomic E-state index is 5.07. The second-order valence-corrected chi connectivity index (χ2v) is 1.75. The summed E-state index contributed by atoms with van der Waals surface area (Å²) in [6, 6.07) is 0. The maximum Gasteiger partial charge on any atom is 0.154 e. The van der Waals surface area contributed by atoms with Gasteiger partial charge in [0, 0.05) is 7.11 Å². The highest BCUT2D eigenvalue weighted by molar-refractivity contribution is 4.49. The van der Waals surface area contributed by atoms with E-state index < -0.39 is 0 Å². The van der Waals surface area contributed by atoms with E-state index in [1.165, 1.54) is 0 Å². The minimum absolute atomic E-state index is 0.00458. The summed E-state index contributed by atoms with van der Waals surface area (Å²) >= 11 is 0. The summed E-state index contributed by atoms with van der Waals surface area (Å²) in [5.41, 5.74) is 0. The molecule has 0 heterocycles. The van der Waals surface area contributed by atoms with E-state index in [9.17, 15) is 0 Å². The summed E-state index contributed by atoms with van der Waals surface area (Å²) in [5, 5.41) is 0. The van der Waals surface area contributed by atoms with Gasteiger partial charge in [0.1, 0.15) is 0 Å². The standard InChI is InChI=1S/C6H13O2/c1-5(2)8-6(3)7-4/h5-6H,1H2,2-4H3. The predicted octanol–water partition coefficient (Wildman–Crippen LogP) is 1.22. The highest BCUT2D eigenvalue weighted by atomic mass is 16.7. The average molecular weight is 117 g/mol. The molecule has 2 heteroatoms. The quantitative estimate of drug-likeness (QED) is 0.517. The first-order chi connectivity index (χ1) is 3.66. The third-order valence-electron chi connectivity index (χ3n) is 0.756. The van der Waals surface area contributed by atoms with Crippen molar-refractivity contribution in [3.63, 3.8) is 0 Å². The Labute approximate surface area is 50.8 Å². The first-order valence-electron chi connectivity index (χ1n) is 2.68. The van der Waals surface area contributed by atoms with Crippen LogP contribution in [0.25, 0.3) is 0 Å². The molecule has 0 spiro atoms. The summed E-state index contributed by atoms with van der Waals surface area (Å²) in [5.74, 6) is 0. The molecule has 0 amide bonds. The molecular weight excluding hydrogens is 104 g/mol. The summed E-state index contributed by atoms with van der Waals surface area (Å²) in [7, 11) is 1.60. The van der Waals surface area contributed by atoms with Crippen LogP contribution in [-0.4, -0.2) is 19.5 Å². The SMILES string of the molecule is [CH2]C(C)OC(C)OC. The normalized spacial score (nSPS) is 14.6. The number of methoxy groups -OCH3 is 1. The zero-order valence-electron chi connectivity index (χ0n) is 5.68. The largest absolute Gasteiger partial charge is 0.356 e. The van der Waals surface area contributed by atoms with Crippen LogP contribution in [0.5, 0.6) is 0 Å². The number of hydrogen-bond donors (Lipinski definition) is 0. The van der Waals surface area contributed by atoms with Crippen molar-refractivity contribution in [3.05, 3.63) is 6.92 Å². The molecule has 0 aliphatic heterocycles. The molecule has 0 bridgehead atoms. The van der Waals surface area contributed by atoms with E-state index in [1.54, 1.807) is 7.11 Å². The van der Waals surface area contributed by atoms with Gasteiger partial charge in [-0.3, -0.25) is 0 Å². The van der Waals surface area contributed by atoms with E-state index in [2.05, 4.69) is 6.92 Å². The van der Waals surface area contributed by atoms with Gasteiger partial charge in [0.15, 0.2) is 6.29 Å². The minimum atomic E-state index is -0.137. The zero-order chi connectivity index (χ0) is 6.57. The molecule has 2 atom stereocenters. The molecule has 0 aromatic carbocycles. The first kappa shape index (κ1) is 7.92. The van der Waals surface area contributed by atoms with Gasteiger partial charge in [-0.15, -0.1) is 0 Å². The van der Waals surface area contributed by atoms with E-state index in [0.29, 0.717) is 0 Å². The lowest BCUT2D eigenvalue weighted by atomic mass is 10.5. The molecule has 0 N–H and O–H groups in total. The van der Waals surface area contributed by atoms with E-state index in [-0.39, 0.29) is 12.4 Å². The molecule has 0 aromatic heterocycles. The topological polar surface area (TPSA) is 18.5 Å². The van der Waals surface area contributed by atoms with Crippen LogP contribution in [0.2, 0.25) is 0 Å². The molecule has 8 heavy (non-hydrogen) atoms. The molecular formula is C6H13O2. The molecule has 0 saturated carbocycles. The second kappa shape index (κ2) is 3.87. The zero-order valence-corrected chi connectivity index (χ0v) is 5.68. The molecule has 0 aliphatic carbocycles. The smallest absolute Gasteiger partial charge is 0.154 e. The molecule has 0 aromatic rings. The van der Waals surface area contributed by atoms with Gasteiger partial charge in [0.25, 0.3) is 0 Å². The van der Waals surface area contributed by atoms with E-state index in [4.69, 9.17) is 9.47 Å². The predicted molar refractivity (Wildman–Crippen MR) is 32.4 cm³/mol. The van der Waals surface area contributed by atoms with Gasteiger partial charge in [0.05, 0.1) is 6.10 Å². The Morgan fingerprint density at radius 3 is 2.00 bits per heavy atom. The van der Waals surface area contributed by atoms with Crippen molar-refractivity contribution in [1.82, 2.24) is 0 Å². The molecule has 2 unspecified atom stereocenters. The number of hydrogen-bond acceptors (Lipinski definition) is 2. The van der Waals surface area contributed by atoms with Crippen molar-refractivity contribution < 1.29 is 9.47 Å². The van der Waals surface area contributed by atoms with Gasteiger partial charge in [-0.25, -0.2) is 0 Å². The molecule has 0 saturated heterocycles. The van der Waals surface area contributed by atoms with Crippen molar-refractivity contribution in [2.75, 3.05) is 7.11 Å². The Morgan fingerprint density at radius 2 is 1.88 bits per heavy atom. The fourth-order valence-electron chi connectivity index (χ4n) is 0.383. The van der Waals surface area contributed by atoms with Crippen LogP contribution in [-0.2, 0) is 9.47 Å². The monoisotopic (exact) mass is 117 g/mol. The fraction of sp³-hybridized carbons (Fsp3) is 0.833. The molecule has 1 radical (unpaired) electrons. The van der Waals surface area contributed by atoms with Crippen molar-refractivity contribution in [2.24, 2.45) is 0 Å². The van der Waals surface area contributed by atoms with Gasteiger partial charge >= 0.3 is 0 Å². The van der Waals surface area contributed by atoms with Crippen LogP contribution in [0, 0.1) is 6.92 Å². The van der Waals surface area contributed by atoms with Crippen molar-refractivity contribution in [1.29, 1.82) is 0 Å². The van der Waals surface area contributed by atoms with Gasteiger partial charge < -0.3 is 9.47 Å². The lowest BCUT2D eigenvalue weighted by molar-refractivity contribution is -0.127. The van der Waals surface area contributed by atoms with Gasteiger partial charge in [-0.05, 0) is 20.8 Å². The Balaban J connectivity index is 3.10. The van der Waals surface area contributed by atoms with Crippen LogP contribution >= 0.6 is 0 Å². The summed E-state index contributed by atoms with van der Waals surface area (Å²) < 4.78 is 9.86. The lowest BCUT2D eigenvalue weighted by Crippen LogP contribution is -2.15. The minimum Gasteiger partial charge on any atom is -0.356 e. The summed E-state index contributed by atoms with van der Waals surface area (Å²) in [4.78, 5) is 0. The van der Waals surface area contributed by atoms with E-state index in [0.717, 1.165) is 0 Å². The Hall–Kier alpha value is -0.0800. The van der Waals surface area contributed by atoms with Crippen LogP contribution in [0.15, 0.2) is 0 Å². The van der Waals surface area contributed by atoms with Crippen LogP contribution in [0.1, 0.15) is 13.8 Å². The first-order valence-corrected chi connectivity index (χ1v) is 2.68. The number of rotatable bonds is 3. The Morgan fingerprint density at radius 1 is 1.38 bits per heavy atom. The molecule has 0 rings (SSSR count). The summed E-state index contributed by atoms with van der Waals surface area (Å²) in [6.07, 6.45) is -0.132. The Bertz CT molecular complexity index is 52.5. The van der Waals surface area contributed by atoms with Crippen LogP contribution in [0.4, 0.5) is 0 Å². The number of ether oxygens (including phenoxy) is 2. The summed E-state index contributed by atoms with van der Waals surface area (Å²) in [6.45, 7) is 7.33. The molecule has 2 nitrogen and oxygen atoms in total. The highest BCUT2D eigenvalue weighted by Gasteiger charge is 1.99. The Kier molecular flexibility index (Phi) is 3.83. The third-order valence-corrected chi connectivity index (χ3v) is 0.756. The molecule has 0 aliphatic rings. The van der Waals surface area contributed by atoms with Gasteiger partial charge in [-0.2, -0.15) is 0 Å². The van der Waals surface area contributed by atoms with Crippen molar-refractivity contribution in [3.8, 4) is 0 Å². The van der Waals surface area contributed by atoms with Crippen molar-refractivity contribution >= 4 is 0 Å². The van der Waals surface area contributed by atoms with E-state index in [1.807, 2.05) is 13.8 Å². The van der Waals surface area contributed by atoms with E-state index >= 15 is 0 Å².